The number of benzene rings is 2. The summed E-state index contributed by atoms with van der Waals surface area (Å²) in [6.07, 6.45) is 8.25. The highest BCUT2D eigenvalue weighted by Crippen LogP contribution is 2.32. The first-order valence-corrected chi connectivity index (χ1v) is 12.5. The molecule has 3 heterocycles. The molecule has 0 aliphatic carbocycles. The summed E-state index contributed by atoms with van der Waals surface area (Å²) in [5.41, 5.74) is 6.16. The van der Waals surface area contributed by atoms with E-state index in [1.807, 2.05) is 73.7 Å². The first kappa shape index (κ1) is 26.2. The number of nitrogens with zero attached hydrogens (tertiary/aromatic N) is 3. The van der Waals surface area contributed by atoms with Crippen LogP contribution in [0.25, 0.3) is 22.2 Å². The summed E-state index contributed by atoms with van der Waals surface area (Å²) in [5.74, 6) is 0.595. The molecule has 0 bridgehead atoms. The summed E-state index contributed by atoms with van der Waals surface area (Å²) in [6.45, 7) is 7.65. The number of aromatic nitrogens is 2. The van der Waals surface area contributed by atoms with Crippen molar-refractivity contribution >= 4 is 16.6 Å². The number of nitrogens with one attached hydrogen (secondary N) is 3. The van der Waals surface area contributed by atoms with E-state index < -0.39 is 0 Å². The van der Waals surface area contributed by atoms with Crippen molar-refractivity contribution in [2.45, 2.75) is 19.4 Å². The van der Waals surface area contributed by atoms with Crippen molar-refractivity contribution in [1.82, 2.24) is 15.3 Å². The molecule has 0 fully saturated rings. The number of hydrogen-bond donors (Lipinski definition) is 3. The molecule has 1 aliphatic rings. The van der Waals surface area contributed by atoms with Gasteiger partial charge in [-0.3, -0.25) is 0 Å². The molecule has 190 valence electrons. The second-order valence-electron chi connectivity index (χ2n) is 8.78. The van der Waals surface area contributed by atoms with Gasteiger partial charge < -0.3 is 20.4 Å². The normalized spacial score (nSPS) is 13.8. The van der Waals surface area contributed by atoms with Crippen LogP contribution in [0.1, 0.15) is 23.6 Å². The Kier molecular flexibility index (Phi) is 8.91. The van der Waals surface area contributed by atoms with E-state index in [1.165, 1.54) is 5.56 Å². The van der Waals surface area contributed by atoms with Crippen LogP contribution in [0.5, 0.6) is 5.88 Å². The Labute approximate surface area is 223 Å². The zero-order valence-electron chi connectivity index (χ0n) is 21.4. The van der Waals surface area contributed by atoms with Gasteiger partial charge in [-0.2, -0.15) is 10.5 Å². The minimum atomic E-state index is -0.0110. The van der Waals surface area contributed by atoms with Crippen LogP contribution in [-0.2, 0) is 6.42 Å². The quantitative estimate of drug-likeness (QED) is 0.220. The summed E-state index contributed by atoms with van der Waals surface area (Å²) in [7, 11) is 0. The van der Waals surface area contributed by atoms with Crippen molar-refractivity contribution in [1.29, 1.82) is 10.5 Å². The maximum Gasteiger partial charge on any atom is 0.237 e. The summed E-state index contributed by atoms with van der Waals surface area (Å²) in [4.78, 5) is 7.90. The van der Waals surface area contributed by atoms with Gasteiger partial charge in [-0.05, 0) is 61.9 Å². The van der Waals surface area contributed by atoms with Gasteiger partial charge in [0.25, 0.3) is 0 Å². The lowest BCUT2D eigenvalue weighted by molar-refractivity contribution is 0.194. The molecule has 2 aromatic heterocycles. The summed E-state index contributed by atoms with van der Waals surface area (Å²) < 4.78 is 6.08. The maximum absolute atomic E-state index is 9.33. The lowest BCUT2D eigenvalue weighted by Gasteiger charge is -2.27. The van der Waals surface area contributed by atoms with Crippen LogP contribution in [0.4, 0.5) is 5.69 Å². The number of pyridine rings is 1. The van der Waals surface area contributed by atoms with Gasteiger partial charge in [0.15, 0.2) is 0 Å². The molecule has 0 saturated heterocycles. The van der Waals surface area contributed by atoms with Crippen LogP contribution in [0.2, 0.25) is 0 Å². The minimum Gasteiger partial charge on any atom is -0.470 e. The largest absolute Gasteiger partial charge is 0.470 e. The lowest BCUT2D eigenvalue weighted by atomic mass is 10.1. The van der Waals surface area contributed by atoms with Gasteiger partial charge in [-0.25, -0.2) is 4.98 Å². The number of fused-ring (bicyclic) bond motifs is 2. The van der Waals surface area contributed by atoms with Gasteiger partial charge in [0.2, 0.25) is 5.88 Å². The Balaban J connectivity index is 0.000000617. The molecular weight excluding hydrogens is 472 g/mol. The second kappa shape index (κ2) is 12.9. The first-order valence-electron chi connectivity index (χ1n) is 12.5. The fourth-order valence-corrected chi connectivity index (χ4v) is 4.14. The molecule has 7 nitrogen and oxygen atoms in total. The van der Waals surface area contributed by atoms with Gasteiger partial charge >= 0.3 is 0 Å². The molecule has 0 amide bonds. The molecule has 38 heavy (non-hydrogen) atoms. The fraction of sp³-hybridized carbons (Fsp3) is 0.194. The van der Waals surface area contributed by atoms with E-state index in [4.69, 9.17) is 10.00 Å². The third kappa shape index (κ3) is 6.47. The molecule has 1 atom stereocenters. The summed E-state index contributed by atoms with van der Waals surface area (Å²) in [5, 5.41) is 26.0. The third-order valence-corrected chi connectivity index (χ3v) is 6.12. The zero-order chi connectivity index (χ0) is 26.7. The van der Waals surface area contributed by atoms with Crippen LogP contribution < -0.4 is 15.4 Å². The van der Waals surface area contributed by atoms with Crippen LogP contribution in [0.15, 0.2) is 85.6 Å². The molecule has 5 rings (SSSR count). The Hall–Kier alpha value is -4.85. The smallest absolute Gasteiger partial charge is 0.237 e. The van der Waals surface area contributed by atoms with E-state index in [-0.39, 0.29) is 6.10 Å². The van der Waals surface area contributed by atoms with E-state index in [1.54, 1.807) is 12.3 Å². The van der Waals surface area contributed by atoms with Crippen molar-refractivity contribution in [3.05, 3.63) is 102 Å². The predicted octanol–water partition coefficient (Wildman–Crippen LogP) is 5.73. The van der Waals surface area contributed by atoms with Gasteiger partial charge in [0, 0.05) is 34.9 Å². The third-order valence-electron chi connectivity index (χ3n) is 6.12. The van der Waals surface area contributed by atoms with E-state index in [0.29, 0.717) is 30.1 Å². The van der Waals surface area contributed by atoms with E-state index in [0.717, 1.165) is 40.8 Å². The molecule has 7 heteroatoms. The van der Waals surface area contributed by atoms with Crippen LogP contribution in [-0.4, -0.2) is 35.7 Å². The van der Waals surface area contributed by atoms with Crippen LogP contribution >= 0.6 is 0 Å². The average molecular weight is 503 g/mol. The van der Waals surface area contributed by atoms with Crippen molar-refractivity contribution in [2.24, 2.45) is 0 Å². The van der Waals surface area contributed by atoms with Crippen molar-refractivity contribution in [3.8, 4) is 29.3 Å². The number of nitriles is 2. The molecule has 3 N–H and O–H groups in total. The molecule has 1 aliphatic heterocycles. The zero-order valence-corrected chi connectivity index (χ0v) is 21.4. The highest BCUT2D eigenvalue weighted by Gasteiger charge is 2.21. The fourth-order valence-electron chi connectivity index (χ4n) is 4.14. The Morgan fingerprint density at radius 3 is 2.71 bits per heavy atom. The number of rotatable bonds is 7. The predicted molar refractivity (Wildman–Crippen MR) is 152 cm³/mol. The van der Waals surface area contributed by atoms with Crippen LogP contribution in [0, 0.1) is 22.7 Å². The topological polar surface area (TPSA) is 110 Å². The Bertz CT molecular complexity index is 1500. The molecule has 0 radical (unpaired) electrons. The average Bonchev–Trinajstić information content (AvgIpc) is 3.41. The number of anilines is 1. The maximum atomic E-state index is 9.33. The van der Waals surface area contributed by atoms with E-state index in [2.05, 4.69) is 39.3 Å². The van der Waals surface area contributed by atoms with Crippen molar-refractivity contribution in [2.75, 3.05) is 25.0 Å². The van der Waals surface area contributed by atoms with Gasteiger partial charge in [-0.1, -0.05) is 43.0 Å². The summed E-state index contributed by atoms with van der Waals surface area (Å²) >= 11 is 0. The van der Waals surface area contributed by atoms with Crippen molar-refractivity contribution < 1.29 is 4.74 Å². The number of allylic oxidation sites excluding steroid dienone is 3. The number of H-pyrrole nitrogens is 1. The highest BCUT2D eigenvalue weighted by atomic mass is 16.5. The van der Waals surface area contributed by atoms with E-state index >= 15 is 0 Å². The number of hydrogen-bond acceptors (Lipinski definition) is 6. The molecule has 0 saturated carbocycles. The minimum absolute atomic E-state index is 0.0110. The second-order valence-corrected chi connectivity index (χ2v) is 8.78. The van der Waals surface area contributed by atoms with Crippen molar-refractivity contribution in [3.63, 3.8) is 0 Å². The number of ether oxygens (including phenoxy) is 1. The molecule has 1 unspecified atom stereocenters. The Morgan fingerprint density at radius 2 is 2.00 bits per heavy atom. The standard InChI is InChI=1S/C26H22N6O.C5H8/c27-12-18-6-4-17(5-7-18)8-9-29-15-21-16-30-25-10-20(14-31-26(25)33-21)24-11-22-19(13-28)2-1-3-23(22)32-24;1-3-5-4-2/h1-7,10-11,14,21,29-30,32H,8-9,15-16H2;3-5H,1H2,2H3/b;5-4-. The monoisotopic (exact) mass is 502 g/mol. The Morgan fingerprint density at radius 1 is 1.16 bits per heavy atom. The summed E-state index contributed by atoms with van der Waals surface area (Å²) in [6, 6.07) is 21.7. The van der Waals surface area contributed by atoms with Gasteiger partial charge in [0.05, 0.1) is 35.5 Å². The SMILES string of the molecule is C=C/C=C\C.N#Cc1ccc(CCNCC2CNc3cc(-c4cc5c(C#N)cccc5[nH]4)cnc3O2)cc1. The highest BCUT2D eigenvalue weighted by molar-refractivity contribution is 5.90. The van der Waals surface area contributed by atoms with E-state index in [9.17, 15) is 5.26 Å². The molecule has 0 spiro atoms. The molecule has 4 aromatic rings. The van der Waals surface area contributed by atoms with Gasteiger partial charge in [0.1, 0.15) is 6.10 Å². The molecular formula is C31H30N6O. The van der Waals surface area contributed by atoms with Gasteiger partial charge in [-0.15, -0.1) is 0 Å². The van der Waals surface area contributed by atoms with Crippen LogP contribution in [0.3, 0.4) is 0 Å². The first-order chi connectivity index (χ1) is 18.6. The molecule has 2 aromatic carbocycles. The lowest BCUT2D eigenvalue weighted by Crippen LogP contribution is -2.40. The number of aromatic amines is 1.